The highest BCUT2D eigenvalue weighted by molar-refractivity contribution is 6.09. The van der Waals surface area contributed by atoms with E-state index in [0.29, 0.717) is 16.7 Å². The molecule has 3 amide bonds. The van der Waals surface area contributed by atoms with Gasteiger partial charge in [0.2, 0.25) is 5.54 Å². The van der Waals surface area contributed by atoms with Crippen molar-refractivity contribution in [1.29, 1.82) is 0 Å². The molecule has 8 heteroatoms. The van der Waals surface area contributed by atoms with Crippen LogP contribution in [-0.2, 0) is 11.3 Å². The van der Waals surface area contributed by atoms with Crippen LogP contribution in [0.3, 0.4) is 0 Å². The van der Waals surface area contributed by atoms with Crippen LogP contribution in [0.15, 0.2) is 48.9 Å². The number of hydrogen-bond donors (Lipinski definition) is 3. The van der Waals surface area contributed by atoms with Crippen LogP contribution in [0.5, 0.6) is 11.6 Å². The molecule has 3 N–H and O–H groups in total. The number of hydrogen-bond acceptors (Lipinski definition) is 5. The number of benzene rings is 1. The molecule has 1 atom stereocenters. The van der Waals surface area contributed by atoms with E-state index in [1.165, 1.54) is 11.7 Å². The van der Waals surface area contributed by atoms with E-state index in [9.17, 15) is 14.7 Å². The van der Waals surface area contributed by atoms with E-state index in [0.717, 1.165) is 5.39 Å². The van der Waals surface area contributed by atoms with Gasteiger partial charge >= 0.3 is 6.03 Å². The van der Waals surface area contributed by atoms with Crippen molar-refractivity contribution >= 4 is 22.7 Å². The summed E-state index contributed by atoms with van der Waals surface area (Å²) in [5.74, 6) is 5.68. The van der Waals surface area contributed by atoms with Gasteiger partial charge in [0.1, 0.15) is 5.75 Å². The Labute approximate surface area is 160 Å². The SMILES string of the molecule is COc1ccc2cn(CC3(C#Cc4cccnc4)NC(=O)NC3=O)c(O)c2c1. The van der Waals surface area contributed by atoms with Gasteiger partial charge in [0, 0.05) is 34.9 Å². The highest BCUT2D eigenvalue weighted by Gasteiger charge is 2.46. The van der Waals surface area contributed by atoms with Gasteiger partial charge in [-0.15, -0.1) is 0 Å². The topological polar surface area (TPSA) is 105 Å². The predicted molar refractivity (Wildman–Crippen MR) is 101 cm³/mol. The predicted octanol–water partition coefficient (Wildman–Crippen LogP) is 1.38. The molecule has 1 saturated heterocycles. The lowest BCUT2D eigenvalue weighted by Gasteiger charge is -2.20. The number of ether oxygens (including phenoxy) is 1. The number of pyridine rings is 1. The molecule has 0 radical (unpaired) electrons. The molecule has 0 bridgehead atoms. The fourth-order valence-corrected chi connectivity index (χ4v) is 3.07. The average Bonchev–Trinajstić information content (AvgIpc) is 3.16. The number of fused-ring (bicyclic) bond motifs is 1. The minimum absolute atomic E-state index is 0.0506. The molecule has 3 aromatic rings. The number of aromatic hydroxyl groups is 1. The number of nitrogens with zero attached hydrogens (tertiary/aromatic N) is 2. The molecule has 0 aliphatic carbocycles. The first kappa shape index (κ1) is 17.4. The molecule has 8 nitrogen and oxygen atoms in total. The molecule has 28 heavy (non-hydrogen) atoms. The minimum Gasteiger partial charge on any atom is -0.497 e. The van der Waals surface area contributed by atoms with Gasteiger partial charge in [0.15, 0.2) is 5.88 Å². The first-order chi connectivity index (χ1) is 13.5. The third-order valence-corrected chi connectivity index (χ3v) is 4.50. The summed E-state index contributed by atoms with van der Waals surface area (Å²) in [6.07, 6.45) is 4.86. The van der Waals surface area contributed by atoms with Gasteiger partial charge in [-0.05, 0) is 30.3 Å². The summed E-state index contributed by atoms with van der Waals surface area (Å²) in [5.41, 5.74) is -0.925. The van der Waals surface area contributed by atoms with Gasteiger partial charge in [0.25, 0.3) is 5.91 Å². The number of carbonyl (C=O) groups excluding carboxylic acids is 2. The van der Waals surface area contributed by atoms with Crippen LogP contribution in [0.2, 0.25) is 0 Å². The molecule has 1 aromatic carbocycles. The van der Waals surface area contributed by atoms with E-state index >= 15 is 0 Å². The van der Waals surface area contributed by atoms with Crippen molar-refractivity contribution in [3.63, 3.8) is 0 Å². The number of urea groups is 1. The molecule has 1 aliphatic heterocycles. The molecule has 1 aliphatic rings. The molecule has 1 fully saturated rings. The van der Waals surface area contributed by atoms with Crippen molar-refractivity contribution in [2.75, 3.05) is 7.11 Å². The molecule has 4 rings (SSSR count). The third-order valence-electron chi connectivity index (χ3n) is 4.50. The summed E-state index contributed by atoms with van der Waals surface area (Å²) in [4.78, 5) is 28.3. The number of rotatable bonds is 3. The van der Waals surface area contributed by atoms with Gasteiger partial charge in [-0.2, -0.15) is 0 Å². The summed E-state index contributed by atoms with van der Waals surface area (Å²) < 4.78 is 6.67. The summed E-state index contributed by atoms with van der Waals surface area (Å²) in [5, 5.41) is 16.8. The largest absolute Gasteiger partial charge is 0.497 e. The highest BCUT2D eigenvalue weighted by Crippen LogP contribution is 2.31. The van der Waals surface area contributed by atoms with Gasteiger partial charge in [0.05, 0.1) is 13.7 Å². The van der Waals surface area contributed by atoms with Crippen LogP contribution in [0.4, 0.5) is 4.79 Å². The van der Waals surface area contributed by atoms with E-state index in [-0.39, 0.29) is 12.4 Å². The molecule has 1 unspecified atom stereocenters. The van der Waals surface area contributed by atoms with Crippen LogP contribution >= 0.6 is 0 Å². The number of aromatic nitrogens is 2. The van der Waals surface area contributed by atoms with Gasteiger partial charge < -0.3 is 19.7 Å². The zero-order chi connectivity index (χ0) is 19.7. The Balaban J connectivity index is 1.76. The quantitative estimate of drug-likeness (QED) is 0.473. The molecule has 2 aromatic heterocycles. The van der Waals surface area contributed by atoms with E-state index in [1.54, 1.807) is 48.9 Å². The second-order valence-electron chi connectivity index (χ2n) is 6.34. The number of nitrogens with one attached hydrogen (secondary N) is 2. The first-order valence-corrected chi connectivity index (χ1v) is 8.43. The average molecular weight is 376 g/mol. The molecule has 140 valence electrons. The molecular weight excluding hydrogens is 360 g/mol. The van der Waals surface area contributed by atoms with Crippen molar-refractivity contribution in [2.45, 2.75) is 12.1 Å². The van der Waals surface area contributed by atoms with Crippen LogP contribution in [0.25, 0.3) is 10.8 Å². The Hall–Kier alpha value is -3.99. The lowest BCUT2D eigenvalue weighted by molar-refractivity contribution is -0.122. The molecule has 0 spiro atoms. The smallest absolute Gasteiger partial charge is 0.323 e. The van der Waals surface area contributed by atoms with Crippen LogP contribution < -0.4 is 15.4 Å². The van der Waals surface area contributed by atoms with E-state index in [4.69, 9.17) is 4.74 Å². The monoisotopic (exact) mass is 376 g/mol. The Morgan fingerprint density at radius 2 is 2.18 bits per heavy atom. The zero-order valence-electron chi connectivity index (χ0n) is 14.9. The van der Waals surface area contributed by atoms with Gasteiger partial charge in [-0.1, -0.05) is 11.8 Å². The maximum atomic E-state index is 12.5. The Bertz CT molecular complexity index is 1140. The number of amides is 3. The van der Waals surface area contributed by atoms with Crippen molar-refractivity contribution in [3.8, 4) is 23.5 Å². The van der Waals surface area contributed by atoms with Crippen molar-refractivity contribution in [3.05, 3.63) is 54.5 Å². The maximum absolute atomic E-state index is 12.5. The lowest BCUT2D eigenvalue weighted by Crippen LogP contribution is -2.49. The normalized spacial score (nSPS) is 18.3. The Morgan fingerprint density at radius 3 is 2.86 bits per heavy atom. The fourth-order valence-electron chi connectivity index (χ4n) is 3.07. The number of imide groups is 1. The molecule has 0 saturated carbocycles. The maximum Gasteiger partial charge on any atom is 0.323 e. The lowest BCUT2D eigenvalue weighted by atomic mass is 10.00. The second kappa shape index (κ2) is 6.63. The standard InChI is InChI=1S/C20H16N4O4/c1-28-15-5-4-14-11-24(17(25)16(14)9-15)12-20(18(26)22-19(27)23-20)7-6-13-3-2-8-21-10-13/h2-5,8-11,25H,12H2,1H3,(H2,22,23,26,27). The first-order valence-electron chi connectivity index (χ1n) is 8.43. The molecule has 3 heterocycles. The Kier molecular flexibility index (Phi) is 4.12. The van der Waals surface area contributed by atoms with Crippen molar-refractivity contribution < 1.29 is 19.4 Å². The summed E-state index contributed by atoms with van der Waals surface area (Å²) in [6, 6.07) is 8.10. The van der Waals surface area contributed by atoms with E-state index < -0.39 is 17.5 Å². The highest BCUT2D eigenvalue weighted by atomic mass is 16.5. The van der Waals surface area contributed by atoms with Crippen molar-refractivity contribution in [1.82, 2.24) is 20.2 Å². The number of methoxy groups -OCH3 is 1. The third kappa shape index (κ3) is 2.99. The second-order valence-corrected chi connectivity index (χ2v) is 6.34. The van der Waals surface area contributed by atoms with Crippen LogP contribution in [0.1, 0.15) is 5.56 Å². The van der Waals surface area contributed by atoms with Crippen molar-refractivity contribution in [2.24, 2.45) is 0 Å². The summed E-state index contributed by atoms with van der Waals surface area (Å²) in [7, 11) is 1.54. The molecular formula is C20H16N4O4. The minimum atomic E-state index is -1.52. The van der Waals surface area contributed by atoms with Gasteiger partial charge in [-0.3, -0.25) is 15.1 Å². The zero-order valence-corrected chi connectivity index (χ0v) is 14.9. The fraction of sp³-hybridized carbons (Fsp3) is 0.150. The Morgan fingerprint density at radius 1 is 1.32 bits per heavy atom. The number of carbonyl (C=O) groups is 2. The van der Waals surface area contributed by atoms with Crippen LogP contribution in [0, 0.1) is 11.8 Å². The van der Waals surface area contributed by atoms with Gasteiger partial charge in [-0.25, -0.2) is 4.79 Å². The summed E-state index contributed by atoms with van der Waals surface area (Å²) in [6.45, 7) is -0.0688. The van der Waals surface area contributed by atoms with Crippen LogP contribution in [-0.4, -0.2) is 39.2 Å². The van der Waals surface area contributed by atoms with E-state index in [1.807, 2.05) is 0 Å². The summed E-state index contributed by atoms with van der Waals surface area (Å²) >= 11 is 0. The van der Waals surface area contributed by atoms with E-state index in [2.05, 4.69) is 27.5 Å².